The van der Waals surface area contributed by atoms with Gasteiger partial charge < -0.3 is 10.4 Å². The lowest BCUT2D eigenvalue weighted by Gasteiger charge is -2.26. The largest absolute Gasteiger partial charge is 0.395 e. The Labute approximate surface area is 113 Å². The molecule has 106 valence electrons. The number of sulfonamides is 1. The summed E-state index contributed by atoms with van der Waals surface area (Å²) in [4.78, 5) is 4.23. The van der Waals surface area contributed by atoms with Crippen LogP contribution in [0.1, 0.15) is 19.3 Å². The van der Waals surface area contributed by atoms with Crippen molar-refractivity contribution >= 4 is 15.8 Å². The van der Waals surface area contributed by atoms with Gasteiger partial charge in [0.1, 0.15) is 10.7 Å². The van der Waals surface area contributed by atoms with Gasteiger partial charge in [0.05, 0.1) is 6.61 Å². The summed E-state index contributed by atoms with van der Waals surface area (Å²) >= 11 is 0. The number of piperidine rings is 1. The molecule has 2 heterocycles. The Morgan fingerprint density at radius 2 is 2.05 bits per heavy atom. The molecule has 1 aromatic rings. The van der Waals surface area contributed by atoms with Gasteiger partial charge in [-0.05, 0) is 25.0 Å². The average molecular weight is 285 g/mol. The van der Waals surface area contributed by atoms with Gasteiger partial charge in [0.25, 0.3) is 0 Å². The number of aliphatic hydroxyl groups is 1. The number of nitrogens with zero attached hydrogens (tertiary/aromatic N) is 2. The van der Waals surface area contributed by atoms with Crippen LogP contribution in [0, 0.1) is 0 Å². The van der Waals surface area contributed by atoms with Crippen molar-refractivity contribution in [3.8, 4) is 0 Å². The first kappa shape index (κ1) is 14.2. The molecule has 0 aromatic carbocycles. The summed E-state index contributed by atoms with van der Waals surface area (Å²) in [7, 11) is -3.50. The normalized spacial score (nSPS) is 17.3. The van der Waals surface area contributed by atoms with E-state index in [1.807, 2.05) is 0 Å². The van der Waals surface area contributed by atoms with E-state index in [0.29, 0.717) is 18.9 Å². The highest BCUT2D eigenvalue weighted by molar-refractivity contribution is 7.89. The molecule has 0 atom stereocenters. The van der Waals surface area contributed by atoms with Crippen LogP contribution in [0.25, 0.3) is 0 Å². The number of hydrogen-bond donors (Lipinski definition) is 2. The van der Waals surface area contributed by atoms with Crippen molar-refractivity contribution in [1.82, 2.24) is 9.29 Å². The average Bonchev–Trinajstić information content (AvgIpc) is 2.46. The van der Waals surface area contributed by atoms with Crippen molar-refractivity contribution in [2.45, 2.75) is 24.2 Å². The molecule has 19 heavy (non-hydrogen) atoms. The van der Waals surface area contributed by atoms with E-state index in [-0.39, 0.29) is 18.0 Å². The van der Waals surface area contributed by atoms with Crippen LogP contribution >= 0.6 is 0 Å². The maximum absolute atomic E-state index is 12.6. The first-order valence-corrected chi connectivity index (χ1v) is 7.90. The summed E-state index contributed by atoms with van der Waals surface area (Å²) in [5, 5.41) is 11.7. The molecule has 0 amide bonds. The molecule has 1 aliphatic heterocycles. The van der Waals surface area contributed by atoms with Crippen LogP contribution in [0.4, 0.5) is 5.82 Å². The van der Waals surface area contributed by atoms with Gasteiger partial charge in [-0.15, -0.1) is 0 Å². The summed E-state index contributed by atoms with van der Waals surface area (Å²) in [5.41, 5.74) is 0. The highest BCUT2D eigenvalue weighted by Gasteiger charge is 2.28. The van der Waals surface area contributed by atoms with E-state index in [2.05, 4.69) is 10.3 Å². The molecule has 7 heteroatoms. The van der Waals surface area contributed by atoms with Crippen molar-refractivity contribution in [2.24, 2.45) is 0 Å². The van der Waals surface area contributed by atoms with Crippen LogP contribution in [0.15, 0.2) is 23.2 Å². The highest BCUT2D eigenvalue weighted by atomic mass is 32.2. The number of aromatic nitrogens is 1. The van der Waals surface area contributed by atoms with Crippen molar-refractivity contribution in [3.05, 3.63) is 18.3 Å². The molecule has 1 saturated heterocycles. The molecule has 0 aliphatic carbocycles. The molecule has 0 spiro atoms. The number of anilines is 1. The number of nitrogens with one attached hydrogen (secondary N) is 1. The zero-order valence-corrected chi connectivity index (χ0v) is 11.6. The lowest BCUT2D eigenvalue weighted by Crippen LogP contribution is -2.36. The predicted octanol–water partition coefficient (Wildman–Crippen LogP) is 0.660. The van der Waals surface area contributed by atoms with E-state index < -0.39 is 10.0 Å². The second-order valence-corrected chi connectivity index (χ2v) is 6.37. The van der Waals surface area contributed by atoms with E-state index in [1.54, 1.807) is 12.1 Å². The fourth-order valence-electron chi connectivity index (χ4n) is 2.15. The smallest absolute Gasteiger partial charge is 0.246 e. The molecule has 2 N–H and O–H groups in total. The molecule has 1 aliphatic rings. The molecular weight excluding hydrogens is 266 g/mol. The van der Waals surface area contributed by atoms with Gasteiger partial charge in [-0.2, -0.15) is 4.31 Å². The monoisotopic (exact) mass is 285 g/mol. The maximum atomic E-state index is 12.6. The third kappa shape index (κ3) is 3.23. The number of rotatable bonds is 5. The van der Waals surface area contributed by atoms with E-state index in [1.165, 1.54) is 10.5 Å². The first-order valence-electron chi connectivity index (χ1n) is 6.46. The molecule has 0 radical (unpaired) electrons. The van der Waals surface area contributed by atoms with Crippen LogP contribution in [-0.2, 0) is 10.0 Å². The van der Waals surface area contributed by atoms with Crippen LogP contribution in [0.3, 0.4) is 0 Å². The fourth-order valence-corrected chi connectivity index (χ4v) is 3.79. The molecule has 1 fully saturated rings. The van der Waals surface area contributed by atoms with Crippen molar-refractivity contribution in [2.75, 3.05) is 31.6 Å². The SMILES string of the molecule is O=S(=O)(c1cccnc1NCCO)N1CCCCC1. The van der Waals surface area contributed by atoms with Gasteiger partial charge in [-0.3, -0.25) is 0 Å². The van der Waals surface area contributed by atoms with Gasteiger partial charge in [0.2, 0.25) is 10.0 Å². The van der Waals surface area contributed by atoms with Gasteiger partial charge in [0.15, 0.2) is 0 Å². The lowest BCUT2D eigenvalue weighted by molar-refractivity contribution is 0.310. The van der Waals surface area contributed by atoms with Gasteiger partial charge in [-0.25, -0.2) is 13.4 Å². The van der Waals surface area contributed by atoms with E-state index in [9.17, 15) is 8.42 Å². The fraction of sp³-hybridized carbons (Fsp3) is 0.583. The van der Waals surface area contributed by atoms with Crippen LogP contribution in [-0.4, -0.2) is 49.1 Å². The van der Waals surface area contributed by atoms with Crippen LogP contribution < -0.4 is 5.32 Å². The number of pyridine rings is 1. The Morgan fingerprint density at radius 3 is 2.74 bits per heavy atom. The Morgan fingerprint density at radius 1 is 1.32 bits per heavy atom. The standard InChI is InChI=1S/C12H19N3O3S/c16-10-7-14-12-11(5-4-6-13-12)19(17,18)15-8-2-1-3-9-15/h4-6,16H,1-3,7-10H2,(H,13,14). The first-order chi connectivity index (χ1) is 9.16. The topological polar surface area (TPSA) is 82.5 Å². The molecule has 0 unspecified atom stereocenters. The number of hydrogen-bond acceptors (Lipinski definition) is 5. The van der Waals surface area contributed by atoms with Gasteiger partial charge in [0, 0.05) is 25.8 Å². The number of aliphatic hydroxyl groups excluding tert-OH is 1. The Balaban J connectivity index is 2.28. The van der Waals surface area contributed by atoms with Crippen LogP contribution in [0.2, 0.25) is 0 Å². The predicted molar refractivity (Wildman–Crippen MR) is 72.4 cm³/mol. The molecule has 2 rings (SSSR count). The van der Waals surface area contributed by atoms with Crippen molar-refractivity contribution < 1.29 is 13.5 Å². The van der Waals surface area contributed by atoms with Crippen molar-refractivity contribution in [3.63, 3.8) is 0 Å². The third-order valence-corrected chi connectivity index (χ3v) is 5.04. The Bertz CT molecular complexity index is 513. The van der Waals surface area contributed by atoms with E-state index in [4.69, 9.17) is 5.11 Å². The Hall–Kier alpha value is -1.18. The summed E-state index contributed by atoms with van der Waals surface area (Å²) in [6, 6.07) is 3.16. The molecule has 6 nitrogen and oxygen atoms in total. The second kappa shape index (κ2) is 6.31. The second-order valence-electron chi connectivity index (χ2n) is 4.47. The zero-order chi connectivity index (χ0) is 13.7. The quantitative estimate of drug-likeness (QED) is 0.830. The minimum Gasteiger partial charge on any atom is -0.395 e. The summed E-state index contributed by atoms with van der Waals surface area (Å²) in [5.74, 6) is 0.308. The van der Waals surface area contributed by atoms with Crippen LogP contribution in [0.5, 0.6) is 0 Å². The lowest BCUT2D eigenvalue weighted by atomic mass is 10.2. The molecule has 0 bridgehead atoms. The minimum absolute atomic E-state index is 0.0697. The van der Waals surface area contributed by atoms with Crippen molar-refractivity contribution in [1.29, 1.82) is 0 Å². The van der Waals surface area contributed by atoms with Gasteiger partial charge >= 0.3 is 0 Å². The van der Waals surface area contributed by atoms with E-state index >= 15 is 0 Å². The summed E-state index contributed by atoms with van der Waals surface area (Å²) < 4.78 is 26.6. The summed E-state index contributed by atoms with van der Waals surface area (Å²) in [6.07, 6.45) is 4.42. The summed E-state index contributed by atoms with van der Waals surface area (Å²) in [6.45, 7) is 1.34. The molecular formula is C12H19N3O3S. The highest BCUT2D eigenvalue weighted by Crippen LogP contribution is 2.24. The molecule has 1 aromatic heterocycles. The zero-order valence-electron chi connectivity index (χ0n) is 10.7. The third-order valence-electron chi connectivity index (χ3n) is 3.11. The molecule has 0 saturated carbocycles. The van der Waals surface area contributed by atoms with Gasteiger partial charge in [-0.1, -0.05) is 6.42 Å². The van der Waals surface area contributed by atoms with E-state index in [0.717, 1.165) is 19.3 Å². The maximum Gasteiger partial charge on any atom is 0.246 e. The minimum atomic E-state index is -3.50. The Kier molecular flexibility index (Phi) is 4.73.